The molecule has 2 rings (SSSR count). The van der Waals surface area contributed by atoms with Gasteiger partial charge in [-0.2, -0.15) is 0 Å². The van der Waals surface area contributed by atoms with Crippen molar-refractivity contribution in [3.63, 3.8) is 0 Å². The van der Waals surface area contributed by atoms with Crippen molar-refractivity contribution < 1.29 is 9.47 Å². The van der Waals surface area contributed by atoms with Crippen LogP contribution < -0.4 is 14.8 Å². The minimum Gasteiger partial charge on any atom is -0.490 e. The van der Waals surface area contributed by atoms with Gasteiger partial charge < -0.3 is 14.8 Å². The van der Waals surface area contributed by atoms with E-state index >= 15 is 0 Å². The van der Waals surface area contributed by atoms with E-state index in [2.05, 4.69) is 5.32 Å². The van der Waals surface area contributed by atoms with Crippen molar-refractivity contribution in [3.05, 3.63) is 58.6 Å². The van der Waals surface area contributed by atoms with E-state index in [0.717, 1.165) is 29.2 Å². The van der Waals surface area contributed by atoms with Crippen LogP contribution >= 0.6 is 24.0 Å². The van der Waals surface area contributed by atoms with Gasteiger partial charge in [-0.3, -0.25) is 0 Å². The Morgan fingerprint density at radius 2 is 1.82 bits per heavy atom. The molecule has 0 bridgehead atoms. The number of benzene rings is 2. The Hall–Kier alpha value is -1.42. The summed E-state index contributed by atoms with van der Waals surface area (Å²) in [5.41, 5.74) is 2.12. The van der Waals surface area contributed by atoms with Gasteiger partial charge in [-0.1, -0.05) is 35.9 Å². The van der Waals surface area contributed by atoms with Crippen LogP contribution in [0.4, 0.5) is 0 Å². The first-order valence-corrected chi connectivity index (χ1v) is 7.39. The highest BCUT2D eigenvalue weighted by Crippen LogP contribution is 2.30. The lowest BCUT2D eigenvalue weighted by Gasteiger charge is -2.14. The summed E-state index contributed by atoms with van der Waals surface area (Å²) in [6.45, 7) is 3.78. The Morgan fingerprint density at radius 3 is 2.50 bits per heavy atom. The highest BCUT2D eigenvalue weighted by atomic mass is 35.5. The van der Waals surface area contributed by atoms with Crippen LogP contribution in [0.3, 0.4) is 0 Å². The van der Waals surface area contributed by atoms with Gasteiger partial charge in [0, 0.05) is 17.1 Å². The van der Waals surface area contributed by atoms with Crippen LogP contribution in [0.25, 0.3) is 0 Å². The Balaban J connectivity index is 0.00000242. The summed E-state index contributed by atoms with van der Waals surface area (Å²) in [5, 5.41) is 3.83. The molecule has 0 amide bonds. The number of hydrogen-bond acceptors (Lipinski definition) is 3. The zero-order valence-corrected chi connectivity index (χ0v) is 14.3. The van der Waals surface area contributed by atoms with Crippen LogP contribution in [-0.4, -0.2) is 13.7 Å². The molecule has 0 saturated heterocycles. The quantitative estimate of drug-likeness (QED) is 0.806. The SMILES string of the molecule is CCOc1cc(CNC)ccc1OCc1ccccc1Cl.Cl. The summed E-state index contributed by atoms with van der Waals surface area (Å²) in [5.74, 6) is 1.49. The predicted molar refractivity (Wildman–Crippen MR) is 93.4 cm³/mol. The molecular formula is C17H21Cl2NO2. The Bertz CT molecular complexity index is 591. The molecule has 0 unspecified atom stereocenters. The Labute approximate surface area is 143 Å². The lowest BCUT2D eigenvalue weighted by molar-refractivity contribution is 0.269. The van der Waals surface area contributed by atoms with Crippen LogP contribution in [0, 0.1) is 0 Å². The molecule has 22 heavy (non-hydrogen) atoms. The lowest BCUT2D eigenvalue weighted by Crippen LogP contribution is -2.06. The summed E-state index contributed by atoms with van der Waals surface area (Å²) < 4.78 is 11.5. The molecule has 120 valence electrons. The second-order valence-corrected chi connectivity index (χ2v) is 5.03. The summed E-state index contributed by atoms with van der Waals surface area (Å²) in [4.78, 5) is 0. The smallest absolute Gasteiger partial charge is 0.161 e. The van der Waals surface area contributed by atoms with Crippen LogP contribution in [0.15, 0.2) is 42.5 Å². The third-order valence-corrected chi connectivity index (χ3v) is 3.40. The number of rotatable bonds is 7. The maximum absolute atomic E-state index is 6.14. The second kappa shape index (κ2) is 9.57. The summed E-state index contributed by atoms with van der Waals surface area (Å²) in [7, 11) is 1.92. The molecule has 2 aromatic rings. The number of hydrogen-bond donors (Lipinski definition) is 1. The minimum absolute atomic E-state index is 0. The predicted octanol–water partition coefficient (Wildman–Crippen LogP) is 4.46. The van der Waals surface area contributed by atoms with E-state index in [1.54, 1.807) is 0 Å². The van der Waals surface area contributed by atoms with Gasteiger partial charge in [0.15, 0.2) is 11.5 Å². The molecule has 0 aliphatic heterocycles. The fraction of sp³-hybridized carbons (Fsp3) is 0.294. The third kappa shape index (κ3) is 5.09. The molecule has 0 radical (unpaired) electrons. The van der Waals surface area contributed by atoms with E-state index in [4.69, 9.17) is 21.1 Å². The first kappa shape index (κ1) is 18.6. The molecule has 0 saturated carbocycles. The number of halogens is 2. The van der Waals surface area contributed by atoms with Crippen molar-refractivity contribution in [1.82, 2.24) is 5.32 Å². The fourth-order valence-electron chi connectivity index (χ4n) is 2.03. The molecule has 0 atom stereocenters. The molecule has 0 spiro atoms. The van der Waals surface area contributed by atoms with Gasteiger partial charge in [-0.05, 0) is 37.7 Å². The van der Waals surface area contributed by atoms with E-state index in [-0.39, 0.29) is 12.4 Å². The molecule has 5 heteroatoms. The largest absolute Gasteiger partial charge is 0.490 e. The van der Waals surface area contributed by atoms with Crippen molar-refractivity contribution in [1.29, 1.82) is 0 Å². The lowest BCUT2D eigenvalue weighted by atomic mass is 10.2. The Morgan fingerprint density at radius 1 is 1.05 bits per heavy atom. The van der Waals surface area contributed by atoms with Crippen LogP contribution in [0.5, 0.6) is 11.5 Å². The van der Waals surface area contributed by atoms with Crippen molar-refractivity contribution in [2.24, 2.45) is 0 Å². The molecule has 0 aromatic heterocycles. The fourth-order valence-corrected chi connectivity index (χ4v) is 2.22. The first-order valence-electron chi connectivity index (χ1n) is 7.01. The maximum atomic E-state index is 6.14. The molecule has 1 N–H and O–H groups in total. The molecule has 0 aliphatic carbocycles. The third-order valence-electron chi connectivity index (χ3n) is 3.03. The van der Waals surface area contributed by atoms with Gasteiger partial charge in [0.05, 0.1) is 6.61 Å². The normalized spacial score (nSPS) is 9.95. The molecule has 0 heterocycles. The molecule has 0 aliphatic rings. The van der Waals surface area contributed by atoms with Crippen molar-refractivity contribution in [3.8, 4) is 11.5 Å². The highest BCUT2D eigenvalue weighted by Gasteiger charge is 2.08. The average molecular weight is 342 g/mol. The van der Waals surface area contributed by atoms with Crippen LogP contribution in [-0.2, 0) is 13.2 Å². The molecule has 2 aromatic carbocycles. The van der Waals surface area contributed by atoms with E-state index in [1.807, 2.05) is 56.4 Å². The average Bonchev–Trinajstić information content (AvgIpc) is 2.49. The van der Waals surface area contributed by atoms with Crippen molar-refractivity contribution in [2.75, 3.05) is 13.7 Å². The highest BCUT2D eigenvalue weighted by molar-refractivity contribution is 6.31. The zero-order chi connectivity index (χ0) is 15.1. The minimum atomic E-state index is 0. The van der Waals surface area contributed by atoms with E-state index in [0.29, 0.717) is 18.2 Å². The van der Waals surface area contributed by atoms with Crippen molar-refractivity contribution in [2.45, 2.75) is 20.1 Å². The summed E-state index contributed by atoms with van der Waals surface area (Å²) >= 11 is 6.14. The van der Waals surface area contributed by atoms with E-state index < -0.39 is 0 Å². The standard InChI is InChI=1S/C17H20ClNO2.ClH/c1-3-20-17-10-13(11-19-2)8-9-16(17)21-12-14-6-4-5-7-15(14)18;/h4-10,19H,3,11-12H2,1-2H3;1H. The van der Waals surface area contributed by atoms with E-state index in [1.165, 1.54) is 0 Å². The van der Waals surface area contributed by atoms with Crippen molar-refractivity contribution >= 4 is 24.0 Å². The van der Waals surface area contributed by atoms with Gasteiger partial charge in [-0.15, -0.1) is 12.4 Å². The van der Waals surface area contributed by atoms with Gasteiger partial charge in [0.25, 0.3) is 0 Å². The van der Waals surface area contributed by atoms with Gasteiger partial charge in [-0.25, -0.2) is 0 Å². The van der Waals surface area contributed by atoms with Crippen LogP contribution in [0.1, 0.15) is 18.1 Å². The summed E-state index contributed by atoms with van der Waals surface area (Å²) in [6, 6.07) is 13.6. The van der Waals surface area contributed by atoms with Crippen LogP contribution in [0.2, 0.25) is 5.02 Å². The van der Waals surface area contributed by atoms with Gasteiger partial charge in [0.1, 0.15) is 6.61 Å². The maximum Gasteiger partial charge on any atom is 0.161 e. The monoisotopic (exact) mass is 341 g/mol. The molecular weight excluding hydrogens is 321 g/mol. The molecule has 3 nitrogen and oxygen atoms in total. The van der Waals surface area contributed by atoms with Gasteiger partial charge >= 0.3 is 0 Å². The summed E-state index contributed by atoms with van der Waals surface area (Å²) in [6.07, 6.45) is 0. The first-order chi connectivity index (χ1) is 10.2. The van der Waals surface area contributed by atoms with E-state index in [9.17, 15) is 0 Å². The number of ether oxygens (including phenoxy) is 2. The van der Waals surface area contributed by atoms with Gasteiger partial charge in [0.2, 0.25) is 0 Å². The number of nitrogens with one attached hydrogen (secondary N) is 1. The zero-order valence-electron chi connectivity index (χ0n) is 12.8. The second-order valence-electron chi connectivity index (χ2n) is 4.62. The topological polar surface area (TPSA) is 30.5 Å². The molecule has 0 fully saturated rings. The Kier molecular flexibility index (Phi) is 8.10.